The molecular formula is C14H24N4O4. The standard InChI is InChI=1S/C14H24N4O4/c1-9(2)7-12(8-19)15-13(20)5-6-17-11(4)14(18(21)22)10(3)16-17/h9,12,19H,5-8H2,1-4H3,(H,15,20). The Balaban J connectivity index is 2.61. The first-order valence-corrected chi connectivity index (χ1v) is 7.34. The molecule has 0 spiro atoms. The molecule has 1 atom stereocenters. The van der Waals surface area contributed by atoms with Crippen LogP contribution in [0.2, 0.25) is 0 Å². The number of amides is 1. The number of carbonyl (C=O) groups is 1. The van der Waals surface area contributed by atoms with Crippen LogP contribution in [0.1, 0.15) is 38.1 Å². The van der Waals surface area contributed by atoms with E-state index in [1.165, 1.54) is 4.68 Å². The van der Waals surface area contributed by atoms with Crippen LogP contribution in [0.4, 0.5) is 5.69 Å². The molecule has 1 unspecified atom stereocenters. The molecule has 0 aromatic carbocycles. The Morgan fingerprint density at radius 3 is 2.55 bits per heavy atom. The summed E-state index contributed by atoms with van der Waals surface area (Å²) in [5.74, 6) is 0.172. The minimum Gasteiger partial charge on any atom is -0.394 e. The number of nitrogens with zero attached hydrogens (tertiary/aromatic N) is 3. The van der Waals surface area contributed by atoms with Gasteiger partial charge in [-0.2, -0.15) is 5.10 Å². The van der Waals surface area contributed by atoms with Gasteiger partial charge in [-0.1, -0.05) is 13.8 Å². The molecule has 1 rings (SSSR count). The molecule has 8 nitrogen and oxygen atoms in total. The number of nitro groups is 1. The summed E-state index contributed by atoms with van der Waals surface area (Å²) >= 11 is 0. The molecule has 0 fully saturated rings. The van der Waals surface area contributed by atoms with Crippen LogP contribution in [0.25, 0.3) is 0 Å². The predicted octanol–water partition coefficient (Wildman–Crippen LogP) is 1.32. The van der Waals surface area contributed by atoms with Crippen LogP contribution in [0.5, 0.6) is 0 Å². The van der Waals surface area contributed by atoms with E-state index in [4.69, 9.17) is 0 Å². The molecule has 0 saturated carbocycles. The Kier molecular flexibility index (Phi) is 6.48. The van der Waals surface area contributed by atoms with Crippen LogP contribution in [0, 0.1) is 29.9 Å². The monoisotopic (exact) mass is 312 g/mol. The third kappa shape index (κ3) is 4.80. The van der Waals surface area contributed by atoms with E-state index in [0.717, 1.165) is 0 Å². The van der Waals surface area contributed by atoms with Crippen molar-refractivity contribution in [1.29, 1.82) is 0 Å². The number of carbonyl (C=O) groups excluding carboxylic acids is 1. The van der Waals surface area contributed by atoms with E-state index < -0.39 is 4.92 Å². The van der Waals surface area contributed by atoms with Crippen LogP contribution in [0.15, 0.2) is 0 Å². The summed E-state index contributed by atoms with van der Waals surface area (Å²) in [6, 6.07) is -0.262. The second-order valence-electron chi connectivity index (χ2n) is 5.83. The highest BCUT2D eigenvalue weighted by Crippen LogP contribution is 2.21. The van der Waals surface area contributed by atoms with Crippen LogP contribution in [-0.2, 0) is 11.3 Å². The van der Waals surface area contributed by atoms with Gasteiger partial charge in [0.1, 0.15) is 11.4 Å². The predicted molar refractivity (Wildman–Crippen MR) is 81.4 cm³/mol. The lowest BCUT2D eigenvalue weighted by Gasteiger charge is -2.18. The zero-order valence-electron chi connectivity index (χ0n) is 13.5. The largest absolute Gasteiger partial charge is 0.394 e. The van der Waals surface area contributed by atoms with Gasteiger partial charge in [-0.15, -0.1) is 0 Å². The van der Waals surface area contributed by atoms with E-state index in [-0.39, 0.29) is 37.2 Å². The minimum absolute atomic E-state index is 0.00606. The van der Waals surface area contributed by atoms with Gasteiger partial charge in [0.05, 0.1) is 24.1 Å². The van der Waals surface area contributed by atoms with Gasteiger partial charge >= 0.3 is 5.69 Å². The number of aryl methyl sites for hydroxylation is 2. The first-order chi connectivity index (χ1) is 10.3. The Labute approximate surface area is 129 Å². The van der Waals surface area contributed by atoms with Crippen molar-refractivity contribution in [3.63, 3.8) is 0 Å². The molecule has 2 N–H and O–H groups in total. The molecule has 1 amide bonds. The summed E-state index contributed by atoms with van der Waals surface area (Å²) < 4.78 is 1.48. The zero-order chi connectivity index (χ0) is 16.9. The second kappa shape index (κ2) is 7.88. The Morgan fingerprint density at radius 1 is 1.45 bits per heavy atom. The van der Waals surface area contributed by atoms with Crippen molar-refractivity contribution in [2.75, 3.05) is 6.61 Å². The van der Waals surface area contributed by atoms with Crippen molar-refractivity contribution in [2.24, 2.45) is 5.92 Å². The lowest BCUT2D eigenvalue weighted by Crippen LogP contribution is -2.38. The Hall–Kier alpha value is -1.96. The van der Waals surface area contributed by atoms with Gasteiger partial charge in [0, 0.05) is 6.42 Å². The van der Waals surface area contributed by atoms with Crippen LogP contribution in [0.3, 0.4) is 0 Å². The van der Waals surface area contributed by atoms with E-state index in [2.05, 4.69) is 10.4 Å². The average Bonchev–Trinajstić information content (AvgIpc) is 2.69. The van der Waals surface area contributed by atoms with Crippen molar-refractivity contribution in [3.8, 4) is 0 Å². The van der Waals surface area contributed by atoms with Crippen molar-refractivity contribution in [2.45, 2.75) is 53.1 Å². The summed E-state index contributed by atoms with van der Waals surface area (Å²) in [5, 5.41) is 27.0. The molecule has 124 valence electrons. The van der Waals surface area contributed by atoms with Crippen molar-refractivity contribution >= 4 is 11.6 Å². The third-order valence-electron chi connectivity index (χ3n) is 3.42. The summed E-state index contributed by atoms with van der Waals surface area (Å²) in [5.41, 5.74) is 0.778. The van der Waals surface area contributed by atoms with Crippen LogP contribution < -0.4 is 5.32 Å². The molecule has 0 radical (unpaired) electrons. The molecule has 0 aliphatic rings. The molecule has 0 saturated heterocycles. The average molecular weight is 312 g/mol. The van der Waals surface area contributed by atoms with Crippen molar-refractivity contribution in [1.82, 2.24) is 15.1 Å². The van der Waals surface area contributed by atoms with Gasteiger partial charge < -0.3 is 10.4 Å². The third-order valence-corrected chi connectivity index (χ3v) is 3.42. The van der Waals surface area contributed by atoms with E-state index in [1.54, 1.807) is 13.8 Å². The number of aliphatic hydroxyl groups excluding tert-OH is 1. The number of nitrogens with one attached hydrogen (secondary N) is 1. The van der Waals surface area contributed by atoms with E-state index >= 15 is 0 Å². The fraction of sp³-hybridized carbons (Fsp3) is 0.714. The first kappa shape index (κ1) is 18.1. The maximum Gasteiger partial charge on any atom is 0.312 e. The molecule has 22 heavy (non-hydrogen) atoms. The quantitative estimate of drug-likeness (QED) is 0.555. The van der Waals surface area contributed by atoms with Crippen LogP contribution >= 0.6 is 0 Å². The molecule has 0 aliphatic carbocycles. The smallest absolute Gasteiger partial charge is 0.312 e. The number of aliphatic hydroxyl groups is 1. The SMILES string of the molecule is Cc1nn(CCC(=O)NC(CO)CC(C)C)c(C)c1[N+](=O)[O-]. The van der Waals surface area contributed by atoms with Gasteiger partial charge in [-0.25, -0.2) is 0 Å². The zero-order valence-corrected chi connectivity index (χ0v) is 13.5. The topological polar surface area (TPSA) is 110 Å². The number of hydrogen-bond donors (Lipinski definition) is 2. The lowest BCUT2D eigenvalue weighted by molar-refractivity contribution is -0.386. The molecule has 1 aromatic heterocycles. The summed E-state index contributed by atoms with van der Waals surface area (Å²) in [4.78, 5) is 22.4. The minimum atomic E-state index is -0.460. The highest BCUT2D eigenvalue weighted by atomic mass is 16.6. The Bertz CT molecular complexity index is 539. The Morgan fingerprint density at radius 2 is 2.09 bits per heavy atom. The van der Waals surface area contributed by atoms with E-state index in [1.807, 2.05) is 13.8 Å². The highest BCUT2D eigenvalue weighted by molar-refractivity contribution is 5.76. The van der Waals surface area contributed by atoms with E-state index in [0.29, 0.717) is 23.7 Å². The molecule has 1 heterocycles. The summed E-state index contributed by atoms with van der Waals surface area (Å²) in [6.45, 7) is 7.40. The molecule has 8 heteroatoms. The van der Waals surface area contributed by atoms with Gasteiger partial charge in [0.25, 0.3) is 0 Å². The first-order valence-electron chi connectivity index (χ1n) is 7.34. The fourth-order valence-electron chi connectivity index (χ4n) is 2.42. The van der Waals surface area contributed by atoms with E-state index in [9.17, 15) is 20.0 Å². The number of aromatic nitrogens is 2. The maximum absolute atomic E-state index is 11.9. The van der Waals surface area contributed by atoms with Gasteiger partial charge in [-0.05, 0) is 26.2 Å². The highest BCUT2D eigenvalue weighted by Gasteiger charge is 2.22. The number of hydrogen-bond acceptors (Lipinski definition) is 5. The van der Waals surface area contributed by atoms with Crippen molar-refractivity contribution < 1.29 is 14.8 Å². The molecular weight excluding hydrogens is 288 g/mol. The molecule has 1 aromatic rings. The lowest BCUT2D eigenvalue weighted by atomic mass is 10.0. The number of rotatable bonds is 8. The maximum atomic E-state index is 11.9. The van der Waals surface area contributed by atoms with Crippen LogP contribution in [-0.4, -0.2) is 38.4 Å². The van der Waals surface area contributed by atoms with Gasteiger partial charge in [-0.3, -0.25) is 19.6 Å². The molecule has 0 aliphatic heterocycles. The van der Waals surface area contributed by atoms with Gasteiger partial charge in [0.2, 0.25) is 5.91 Å². The normalized spacial score (nSPS) is 12.5. The summed E-state index contributed by atoms with van der Waals surface area (Å²) in [6.07, 6.45) is 0.862. The fourth-order valence-corrected chi connectivity index (χ4v) is 2.42. The second-order valence-corrected chi connectivity index (χ2v) is 5.83. The van der Waals surface area contributed by atoms with Gasteiger partial charge in [0.15, 0.2) is 0 Å². The van der Waals surface area contributed by atoms with Crippen molar-refractivity contribution in [3.05, 3.63) is 21.5 Å². The summed E-state index contributed by atoms with van der Waals surface area (Å²) in [7, 11) is 0. The molecule has 0 bridgehead atoms.